The van der Waals surface area contributed by atoms with Crippen molar-refractivity contribution in [3.8, 4) is 0 Å². The average molecular weight is 416 g/mol. The number of carboxylic acid groups (broad SMARTS) is 1. The Morgan fingerprint density at radius 1 is 1.10 bits per heavy atom. The maximum Gasteiger partial charge on any atom is 0.338 e. The van der Waals surface area contributed by atoms with Crippen molar-refractivity contribution in [2.45, 2.75) is 37.8 Å². The molecule has 0 amide bonds. The summed E-state index contributed by atoms with van der Waals surface area (Å²) in [6.07, 6.45) is -2.53. The Hall–Kier alpha value is -3.26. The zero-order valence-corrected chi connectivity index (χ0v) is 16.4. The summed E-state index contributed by atoms with van der Waals surface area (Å²) in [6.45, 7) is 2.02. The summed E-state index contributed by atoms with van der Waals surface area (Å²) in [7, 11) is 0. The van der Waals surface area contributed by atoms with E-state index >= 15 is 4.39 Å². The van der Waals surface area contributed by atoms with Crippen LogP contribution in [0.15, 0.2) is 54.6 Å². The van der Waals surface area contributed by atoms with E-state index in [0.29, 0.717) is 11.1 Å². The first-order chi connectivity index (χ1) is 14.2. The van der Waals surface area contributed by atoms with Crippen LogP contribution in [-0.2, 0) is 19.0 Å². The Labute approximate surface area is 172 Å². The minimum atomic E-state index is -2.19. The van der Waals surface area contributed by atoms with Crippen molar-refractivity contribution in [3.05, 3.63) is 71.3 Å². The van der Waals surface area contributed by atoms with Gasteiger partial charge in [-0.05, 0) is 36.8 Å². The van der Waals surface area contributed by atoms with E-state index in [1.165, 1.54) is 25.1 Å². The number of carboxylic acids is 1. The lowest BCUT2D eigenvalue weighted by Crippen LogP contribution is -2.38. The van der Waals surface area contributed by atoms with Gasteiger partial charge in [-0.2, -0.15) is 0 Å². The summed E-state index contributed by atoms with van der Waals surface area (Å²) in [6, 6.07) is 14.0. The first-order valence-electron chi connectivity index (χ1n) is 9.27. The molecule has 0 bridgehead atoms. The van der Waals surface area contributed by atoms with Gasteiger partial charge >= 0.3 is 17.9 Å². The lowest BCUT2D eigenvalue weighted by Gasteiger charge is -2.27. The van der Waals surface area contributed by atoms with Crippen LogP contribution in [0.25, 0.3) is 0 Å². The minimum absolute atomic E-state index is 0.0285. The quantitative estimate of drug-likeness (QED) is 0.721. The zero-order chi connectivity index (χ0) is 21.9. The summed E-state index contributed by atoms with van der Waals surface area (Å²) >= 11 is 0. The van der Waals surface area contributed by atoms with E-state index in [4.69, 9.17) is 14.2 Å². The molecule has 1 heterocycles. The second-order valence-electron chi connectivity index (χ2n) is 7.14. The third-order valence-corrected chi connectivity index (χ3v) is 4.89. The third-order valence-electron chi connectivity index (χ3n) is 4.89. The molecular weight excluding hydrogens is 395 g/mol. The lowest BCUT2D eigenvalue weighted by molar-refractivity contribution is -0.192. The fourth-order valence-electron chi connectivity index (χ4n) is 3.53. The molecule has 0 spiro atoms. The normalized spacial score (nSPS) is 25.5. The summed E-state index contributed by atoms with van der Waals surface area (Å²) in [5, 5.41) is 9.26. The number of aromatic carboxylic acids is 1. The third kappa shape index (κ3) is 4.49. The standard InChI is InChI=1S/C22H21FO7/c1-13(24)29-21-22(2,23)18(15-9-6-10-16(11-15)19(25)26)17(30-21)12-28-20(27)14-7-4-3-5-8-14/h3-11,17-18,21H,12H2,1-2H3,(H,25,26)/t17?,18-,21?,22-/m1/s1. The molecule has 2 aromatic carbocycles. The maximum absolute atomic E-state index is 15.7. The van der Waals surface area contributed by atoms with Crippen LogP contribution in [0.2, 0.25) is 0 Å². The van der Waals surface area contributed by atoms with Gasteiger partial charge in [-0.3, -0.25) is 4.79 Å². The number of carbonyl (C=O) groups is 3. The second-order valence-corrected chi connectivity index (χ2v) is 7.14. The van der Waals surface area contributed by atoms with Gasteiger partial charge in [0.25, 0.3) is 0 Å². The monoisotopic (exact) mass is 416 g/mol. The van der Waals surface area contributed by atoms with Crippen molar-refractivity contribution in [3.63, 3.8) is 0 Å². The smallest absolute Gasteiger partial charge is 0.338 e. The molecule has 0 aliphatic carbocycles. The van der Waals surface area contributed by atoms with Crippen LogP contribution < -0.4 is 0 Å². The predicted molar refractivity (Wildman–Crippen MR) is 103 cm³/mol. The first kappa shape index (κ1) is 21.4. The Bertz CT molecular complexity index is 942. The van der Waals surface area contributed by atoms with Gasteiger partial charge in [-0.1, -0.05) is 30.3 Å². The number of alkyl halides is 1. The highest BCUT2D eigenvalue weighted by Gasteiger charge is 2.57. The number of carbonyl (C=O) groups excluding carboxylic acids is 2. The molecular formula is C22H21FO7. The molecule has 0 saturated carbocycles. The molecule has 1 N–H and O–H groups in total. The zero-order valence-electron chi connectivity index (χ0n) is 16.4. The molecule has 1 fully saturated rings. The average Bonchev–Trinajstić information content (AvgIpc) is 2.95. The van der Waals surface area contributed by atoms with Gasteiger partial charge in [0.05, 0.1) is 17.0 Å². The Balaban J connectivity index is 1.88. The van der Waals surface area contributed by atoms with Crippen molar-refractivity contribution in [2.75, 3.05) is 6.61 Å². The fraction of sp³-hybridized carbons (Fsp3) is 0.318. The first-order valence-corrected chi connectivity index (χ1v) is 9.27. The molecule has 0 aromatic heterocycles. The van der Waals surface area contributed by atoms with Crippen molar-refractivity contribution >= 4 is 17.9 Å². The number of benzene rings is 2. The van der Waals surface area contributed by atoms with Crippen LogP contribution in [0.5, 0.6) is 0 Å². The van der Waals surface area contributed by atoms with E-state index in [-0.39, 0.29) is 12.2 Å². The molecule has 158 valence electrons. The fourth-order valence-corrected chi connectivity index (χ4v) is 3.53. The maximum atomic E-state index is 15.7. The predicted octanol–water partition coefficient (Wildman–Crippen LogP) is 3.34. The van der Waals surface area contributed by atoms with E-state index in [2.05, 4.69) is 0 Å². The number of esters is 2. The van der Waals surface area contributed by atoms with Crippen molar-refractivity contribution < 1.29 is 38.1 Å². The Morgan fingerprint density at radius 3 is 2.40 bits per heavy atom. The highest BCUT2D eigenvalue weighted by Crippen LogP contribution is 2.46. The molecule has 7 nitrogen and oxygen atoms in total. The van der Waals surface area contributed by atoms with Crippen molar-refractivity contribution in [2.24, 2.45) is 0 Å². The molecule has 1 aliphatic heterocycles. The summed E-state index contributed by atoms with van der Waals surface area (Å²) in [5.41, 5.74) is -1.57. The number of ether oxygens (including phenoxy) is 3. The van der Waals surface area contributed by atoms with Crippen LogP contribution in [0.1, 0.15) is 46.0 Å². The van der Waals surface area contributed by atoms with Gasteiger partial charge in [0.2, 0.25) is 6.29 Å². The van der Waals surface area contributed by atoms with Gasteiger partial charge in [0.1, 0.15) is 12.7 Å². The number of rotatable bonds is 6. The van der Waals surface area contributed by atoms with Crippen LogP contribution in [0.3, 0.4) is 0 Å². The highest BCUT2D eigenvalue weighted by atomic mass is 19.1. The van der Waals surface area contributed by atoms with Crippen molar-refractivity contribution in [1.29, 1.82) is 0 Å². The summed E-state index contributed by atoms with van der Waals surface area (Å²) in [5.74, 6) is -3.55. The Morgan fingerprint density at radius 2 is 1.77 bits per heavy atom. The van der Waals surface area contributed by atoms with Gasteiger partial charge in [-0.25, -0.2) is 14.0 Å². The molecule has 1 aliphatic rings. The highest BCUT2D eigenvalue weighted by molar-refractivity contribution is 5.89. The van der Waals surface area contributed by atoms with Crippen LogP contribution in [-0.4, -0.2) is 47.7 Å². The van der Waals surface area contributed by atoms with Crippen LogP contribution in [0, 0.1) is 0 Å². The van der Waals surface area contributed by atoms with Gasteiger partial charge in [0, 0.05) is 6.92 Å². The molecule has 1 saturated heterocycles. The van der Waals surface area contributed by atoms with Gasteiger partial charge in [0.15, 0.2) is 5.67 Å². The van der Waals surface area contributed by atoms with E-state index in [9.17, 15) is 19.5 Å². The molecule has 2 aromatic rings. The van der Waals surface area contributed by atoms with Gasteiger partial charge in [-0.15, -0.1) is 0 Å². The van der Waals surface area contributed by atoms with E-state index < -0.39 is 41.9 Å². The summed E-state index contributed by atoms with van der Waals surface area (Å²) < 4.78 is 31.6. The molecule has 3 rings (SSSR count). The minimum Gasteiger partial charge on any atom is -0.478 e. The second kappa shape index (κ2) is 8.62. The van der Waals surface area contributed by atoms with E-state index in [0.717, 1.165) is 6.92 Å². The molecule has 30 heavy (non-hydrogen) atoms. The topological polar surface area (TPSA) is 99.1 Å². The SMILES string of the molecule is CC(=O)OC1OC(COC(=O)c2ccccc2)[C@@H](c2cccc(C(=O)O)c2)[C@@]1(C)F. The number of hydrogen-bond donors (Lipinski definition) is 1. The van der Waals surface area contributed by atoms with Gasteiger partial charge < -0.3 is 19.3 Å². The molecule has 4 atom stereocenters. The largest absolute Gasteiger partial charge is 0.478 e. The molecule has 8 heteroatoms. The van der Waals surface area contributed by atoms with Crippen molar-refractivity contribution in [1.82, 2.24) is 0 Å². The molecule has 0 radical (unpaired) electrons. The van der Waals surface area contributed by atoms with E-state index in [1.54, 1.807) is 36.4 Å². The van der Waals surface area contributed by atoms with Crippen LogP contribution in [0.4, 0.5) is 4.39 Å². The number of halogens is 1. The lowest BCUT2D eigenvalue weighted by atomic mass is 9.82. The molecule has 2 unspecified atom stereocenters. The summed E-state index contributed by atoms with van der Waals surface area (Å²) in [4.78, 5) is 35.0. The van der Waals surface area contributed by atoms with E-state index in [1.807, 2.05) is 0 Å². The Kier molecular flexibility index (Phi) is 6.17. The number of hydrogen-bond acceptors (Lipinski definition) is 6. The van der Waals surface area contributed by atoms with Crippen LogP contribution >= 0.6 is 0 Å².